The highest BCUT2D eigenvalue weighted by Crippen LogP contribution is 2.22. The van der Waals surface area contributed by atoms with Gasteiger partial charge in [-0.2, -0.15) is 0 Å². The molecule has 2 N–H and O–H groups in total. The van der Waals surface area contributed by atoms with Crippen LogP contribution in [0.1, 0.15) is 5.56 Å². The lowest BCUT2D eigenvalue weighted by Gasteiger charge is -2.07. The van der Waals surface area contributed by atoms with Crippen molar-refractivity contribution in [2.45, 2.75) is 6.54 Å². The molecule has 0 atom stereocenters. The van der Waals surface area contributed by atoms with Crippen LogP contribution in [0.2, 0.25) is 5.02 Å². The molecule has 2 rings (SSSR count). The summed E-state index contributed by atoms with van der Waals surface area (Å²) in [6.45, 7) is 0.660. The number of nitrogens with two attached hydrogens (primary N) is 1. The predicted octanol–water partition coefficient (Wildman–Crippen LogP) is 2.93. The third-order valence-electron chi connectivity index (χ3n) is 2.10. The molecule has 3 nitrogen and oxygen atoms in total. The first-order valence-electron chi connectivity index (χ1n) is 4.37. The highest BCUT2D eigenvalue weighted by Gasteiger charge is 2.04. The molecule has 0 saturated heterocycles. The van der Waals surface area contributed by atoms with Crippen molar-refractivity contribution in [1.29, 1.82) is 0 Å². The summed E-state index contributed by atoms with van der Waals surface area (Å²) in [6, 6.07) is 5.67. The van der Waals surface area contributed by atoms with Crippen molar-refractivity contribution in [2.75, 3.05) is 5.73 Å². The first kappa shape index (κ1) is 10.5. The largest absolute Gasteiger partial charge is 0.369 e. The number of hydrogen-bond donors (Lipinski definition) is 1. The molecule has 0 fully saturated rings. The number of nitrogens with zero attached hydrogens (tertiary/aromatic N) is 2. The summed E-state index contributed by atoms with van der Waals surface area (Å²) < 4.78 is 2.87. The standard InChI is InChI=1S/C10H9BrClN3/c11-9-2-1-8(12)5-7(9)6-15-4-3-14-10(15)13/h1-5H,6H2,(H2,13,14). The monoisotopic (exact) mass is 285 g/mol. The molecular weight excluding hydrogens is 277 g/mol. The number of halogens is 2. The van der Waals surface area contributed by atoms with Crippen molar-refractivity contribution in [3.05, 3.63) is 45.7 Å². The number of rotatable bonds is 2. The van der Waals surface area contributed by atoms with Gasteiger partial charge in [-0.25, -0.2) is 4.98 Å². The SMILES string of the molecule is Nc1nccn1Cc1cc(Cl)ccc1Br. The van der Waals surface area contributed by atoms with Gasteiger partial charge < -0.3 is 10.3 Å². The normalized spacial score (nSPS) is 10.5. The number of benzene rings is 1. The molecule has 78 valence electrons. The van der Waals surface area contributed by atoms with Crippen LogP contribution >= 0.6 is 27.5 Å². The highest BCUT2D eigenvalue weighted by atomic mass is 79.9. The lowest BCUT2D eigenvalue weighted by Crippen LogP contribution is -2.04. The molecule has 0 bridgehead atoms. The van der Waals surface area contributed by atoms with Crippen molar-refractivity contribution in [2.24, 2.45) is 0 Å². The molecule has 0 saturated carbocycles. The van der Waals surface area contributed by atoms with Crippen molar-refractivity contribution in [1.82, 2.24) is 9.55 Å². The molecular formula is C10H9BrClN3. The van der Waals surface area contributed by atoms with Gasteiger partial charge in [-0.05, 0) is 23.8 Å². The van der Waals surface area contributed by atoms with Crippen molar-refractivity contribution in [3.63, 3.8) is 0 Å². The summed E-state index contributed by atoms with van der Waals surface area (Å²) in [7, 11) is 0. The van der Waals surface area contributed by atoms with E-state index in [-0.39, 0.29) is 0 Å². The van der Waals surface area contributed by atoms with Crippen LogP contribution < -0.4 is 5.73 Å². The maximum Gasteiger partial charge on any atom is 0.200 e. The fraction of sp³-hybridized carbons (Fsp3) is 0.100. The molecule has 0 aliphatic rings. The third kappa shape index (κ3) is 2.33. The van der Waals surface area contributed by atoms with Gasteiger partial charge in [-0.15, -0.1) is 0 Å². The number of imidazole rings is 1. The van der Waals surface area contributed by atoms with E-state index in [4.69, 9.17) is 17.3 Å². The highest BCUT2D eigenvalue weighted by molar-refractivity contribution is 9.10. The van der Waals surface area contributed by atoms with Gasteiger partial charge >= 0.3 is 0 Å². The van der Waals surface area contributed by atoms with E-state index in [9.17, 15) is 0 Å². The topological polar surface area (TPSA) is 43.8 Å². The van der Waals surface area contributed by atoms with Gasteiger partial charge in [0.2, 0.25) is 0 Å². The molecule has 0 aliphatic carbocycles. The van der Waals surface area contributed by atoms with E-state index in [2.05, 4.69) is 20.9 Å². The Balaban J connectivity index is 2.32. The number of aromatic nitrogens is 2. The van der Waals surface area contributed by atoms with Crippen molar-refractivity contribution in [3.8, 4) is 0 Å². The molecule has 0 aliphatic heterocycles. The summed E-state index contributed by atoms with van der Waals surface area (Å²) in [6.07, 6.45) is 3.51. The second kappa shape index (κ2) is 4.24. The van der Waals surface area contributed by atoms with Gasteiger partial charge in [-0.3, -0.25) is 0 Å². The predicted molar refractivity (Wildman–Crippen MR) is 64.9 cm³/mol. The zero-order chi connectivity index (χ0) is 10.8. The van der Waals surface area contributed by atoms with Crippen LogP contribution in [0, 0.1) is 0 Å². The van der Waals surface area contributed by atoms with Crippen LogP contribution in [0.3, 0.4) is 0 Å². The second-order valence-electron chi connectivity index (χ2n) is 3.15. The molecule has 0 radical (unpaired) electrons. The van der Waals surface area contributed by atoms with Gasteiger partial charge in [0, 0.05) is 21.9 Å². The van der Waals surface area contributed by atoms with Crippen LogP contribution in [0.4, 0.5) is 5.95 Å². The van der Waals surface area contributed by atoms with Gasteiger partial charge in [0.05, 0.1) is 6.54 Å². The fourth-order valence-corrected chi connectivity index (χ4v) is 1.89. The number of hydrogen-bond acceptors (Lipinski definition) is 2. The Morgan fingerprint density at radius 2 is 2.27 bits per heavy atom. The molecule has 0 amide bonds. The lowest BCUT2D eigenvalue weighted by atomic mass is 10.2. The zero-order valence-corrected chi connectivity index (χ0v) is 10.2. The summed E-state index contributed by atoms with van der Waals surface area (Å²) in [5, 5.41) is 0.715. The van der Waals surface area contributed by atoms with Crippen LogP contribution in [0.25, 0.3) is 0 Å². The Morgan fingerprint density at radius 1 is 1.47 bits per heavy atom. The van der Waals surface area contributed by atoms with Crippen LogP contribution in [-0.4, -0.2) is 9.55 Å². The third-order valence-corrected chi connectivity index (χ3v) is 3.10. The Hall–Kier alpha value is -1.000. The average Bonchev–Trinajstić information content (AvgIpc) is 2.58. The van der Waals surface area contributed by atoms with Gasteiger partial charge in [0.25, 0.3) is 0 Å². The fourth-order valence-electron chi connectivity index (χ4n) is 1.32. The summed E-state index contributed by atoms with van der Waals surface area (Å²) >= 11 is 9.39. The molecule has 0 spiro atoms. The molecule has 0 unspecified atom stereocenters. The Labute approximate surface area is 101 Å². The second-order valence-corrected chi connectivity index (χ2v) is 4.44. The van der Waals surface area contributed by atoms with Crippen LogP contribution in [0.5, 0.6) is 0 Å². The lowest BCUT2D eigenvalue weighted by molar-refractivity contribution is 0.807. The van der Waals surface area contributed by atoms with Crippen molar-refractivity contribution >= 4 is 33.5 Å². The maximum absolute atomic E-state index is 5.92. The molecule has 2 aromatic rings. The maximum atomic E-state index is 5.92. The van der Waals surface area contributed by atoms with E-state index in [1.807, 2.05) is 29.0 Å². The molecule has 1 heterocycles. The summed E-state index contributed by atoms with van der Waals surface area (Å²) in [4.78, 5) is 3.96. The zero-order valence-electron chi connectivity index (χ0n) is 7.82. The van der Waals surface area contributed by atoms with Crippen molar-refractivity contribution < 1.29 is 0 Å². The smallest absolute Gasteiger partial charge is 0.200 e. The van der Waals surface area contributed by atoms with E-state index in [0.29, 0.717) is 17.5 Å². The quantitative estimate of drug-likeness (QED) is 0.922. The molecule has 15 heavy (non-hydrogen) atoms. The van der Waals surface area contributed by atoms with E-state index in [1.165, 1.54) is 0 Å². The summed E-state index contributed by atoms with van der Waals surface area (Å²) in [5.74, 6) is 0.502. The molecule has 1 aromatic heterocycles. The van der Waals surface area contributed by atoms with E-state index >= 15 is 0 Å². The van der Waals surface area contributed by atoms with E-state index < -0.39 is 0 Å². The first-order valence-corrected chi connectivity index (χ1v) is 5.54. The molecule has 1 aromatic carbocycles. The number of anilines is 1. The Kier molecular flexibility index (Phi) is 2.98. The van der Waals surface area contributed by atoms with Gasteiger partial charge in [-0.1, -0.05) is 27.5 Å². The Bertz CT molecular complexity index is 481. The minimum atomic E-state index is 0.502. The van der Waals surface area contributed by atoms with Crippen LogP contribution in [0.15, 0.2) is 35.1 Å². The van der Waals surface area contributed by atoms with E-state index in [1.54, 1.807) is 6.20 Å². The van der Waals surface area contributed by atoms with Gasteiger partial charge in [0.15, 0.2) is 5.95 Å². The number of nitrogen functional groups attached to an aromatic ring is 1. The summed E-state index contributed by atoms with van der Waals surface area (Å²) in [5.41, 5.74) is 6.76. The first-order chi connectivity index (χ1) is 7.16. The van der Waals surface area contributed by atoms with Crippen LogP contribution in [-0.2, 0) is 6.54 Å². The average molecular weight is 287 g/mol. The molecule has 5 heteroatoms. The Morgan fingerprint density at radius 3 is 2.93 bits per heavy atom. The minimum Gasteiger partial charge on any atom is -0.369 e. The minimum absolute atomic E-state index is 0.502. The van der Waals surface area contributed by atoms with Gasteiger partial charge in [0.1, 0.15) is 0 Å². The van der Waals surface area contributed by atoms with E-state index in [0.717, 1.165) is 10.0 Å².